The van der Waals surface area contributed by atoms with E-state index in [9.17, 15) is 0 Å². The molecule has 18 heavy (non-hydrogen) atoms. The van der Waals surface area contributed by atoms with E-state index < -0.39 is 0 Å². The lowest BCUT2D eigenvalue weighted by atomic mass is 9.99. The Kier molecular flexibility index (Phi) is 4.60. The van der Waals surface area contributed by atoms with Crippen LogP contribution in [0.15, 0.2) is 48.5 Å². The van der Waals surface area contributed by atoms with Crippen LogP contribution in [-0.4, -0.2) is 14.2 Å². The Hall–Kier alpha value is -1.07. The number of ether oxygens (including phenoxy) is 1. The Morgan fingerprint density at radius 3 is 2.33 bits per heavy atom. The second kappa shape index (κ2) is 6.20. The van der Waals surface area contributed by atoms with E-state index in [2.05, 4.69) is 64.3 Å². The van der Waals surface area contributed by atoms with E-state index in [1.54, 1.807) is 7.11 Å². The van der Waals surface area contributed by atoms with Gasteiger partial charge in [0.15, 0.2) is 0 Å². The first-order chi connectivity index (χ1) is 8.74. The van der Waals surface area contributed by atoms with Crippen molar-refractivity contribution in [3.05, 3.63) is 63.2 Å². The molecule has 0 spiro atoms. The zero-order valence-electron chi connectivity index (χ0n) is 10.5. The van der Waals surface area contributed by atoms with Crippen molar-refractivity contribution in [2.45, 2.75) is 6.04 Å². The number of benzene rings is 2. The molecule has 2 nitrogen and oxygen atoms in total. The van der Waals surface area contributed by atoms with Gasteiger partial charge in [0, 0.05) is 3.57 Å². The molecule has 0 aliphatic carbocycles. The summed E-state index contributed by atoms with van der Waals surface area (Å²) in [6.07, 6.45) is 0. The highest BCUT2D eigenvalue weighted by Gasteiger charge is 2.12. The lowest BCUT2D eigenvalue weighted by Gasteiger charge is -2.18. The molecule has 0 aliphatic rings. The lowest BCUT2D eigenvalue weighted by molar-refractivity contribution is 0.414. The summed E-state index contributed by atoms with van der Waals surface area (Å²) in [5.74, 6) is 0.887. The lowest BCUT2D eigenvalue weighted by Crippen LogP contribution is -2.17. The smallest absolute Gasteiger partial charge is 0.119 e. The zero-order valence-corrected chi connectivity index (χ0v) is 12.6. The Labute approximate surface area is 122 Å². The topological polar surface area (TPSA) is 21.3 Å². The molecular weight excluding hydrogens is 337 g/mol. The van der Waals surface area contributed by atoms with Crippen LogP contribution in [0.4, 0.5) is 0 Å². The molecule has 0 aromatic heterocycles. The molecule has 0 heterocycles. The van der Waals surface area contributed by atoms with Gasteiger partial charge in [0.2, 0.25) is 0 Å². The highest BCUT2D eigenvalue weighted by molar-refractivity contribution is 14.1. The van der Waals surface area contributed by atoms with E-state index in [1.165, 1.54) is 14.7 Å². The summed E-state index contributed by atoms with van der Waals surface area (Å²) in [4.78, 5) is 0. The summed E-state index contributed by atoms with van der Waals surface area (Å²) in [5.41, 5.74) is 2.47. The van der Waals surface area contributed by atoms with Crippen molar-refractivity contribution in [3.8, 4) is 5.75 Å². The van der Waals surface area contributed by atoms with Crippen molar-refractivity contribution in [3.63, 3.8) is 0 Å². The quantitative estimate of drug-likeness (QED) is 0.848. The van der Waals surface area contributed by atoms with Gasteiger partial charge in [-0.25, -0.2) is 0 Å². The molecular formula is C15H16INO. The second-order valence-corrected chi connectivity index (χ2v) is 5.30. The third-order valence-electron chi connectivity index (χ3n) is 2.90. The maximum atomic E-state index is 5.28. The van der Waals surface area contributed by atoms with Crippen molar-refractivity contribution in [2.75, 3.05) is 14.2 Å². The fraction of sp³-hybridized carbons (Fsp3) is 0.200. The molecule has 94 valence electrons. The highest BCUT2D eigenvalue weighted by atomic mass is 127. The second-order valence-electron chi connectivity index (χ2n) is 4.05. The fourth-order valence-electron chi connectivity index (χ4n) is 2.03. The Bertz CT molecular complexity index is 527. The van der Waals surface area contributed by atoms with E-state index in [-0.39, 0.29) is 6.04 Å². The van der Waals surface area contributed by atoms with Crippen LogP contribution in [0.3, 0.4) is 0 Å². The van der Waals surface area contributed by atoms with Crippen LogP contribution >= 0.6 is 22.6 Å². The largest absolute Gasteiger partial charge is 0.497 e. The van der Waals surface area contributed by atoms with Crippen LogP contribution in [0.25, 0.3) is 0 Å². The Balaban J connectivity index is 2.38. The summed E-state index contributed by atoms with van der Waals surface area (Å²) in [5, 5.41) is 3.35. The van der Waals surface area contributed by atoms with Gasteiger partial charge in [0.25, 0.3) is 0 Å². The van der Waals surface area contributed by atoms with E-state index in [0.29, 0.717) is 0 Å². The molecule has 0 saturated carbocycles. The molecule has 2 aromatic carbocycles. The molecule has 0 radical (unpaired) electrons. The molecule has 0 amide bonds. The molecule has 1 unspecified atom stereocenters. The van der Waals surface area contributed by atoms with Crippen LogP contribution in [0.2, 0.25) is 0 Å². The van der Waals surface area contributed by atoms with E-state index in [4.69, 9.17) is 4.74 Å². The summed E-state index contributed by atoms with van der Waals surface area (Å²) in [6, 6.07) is 16.9. The molecule has 0 aliphatic heterocycles. The molecule has 0 fully saturated rings. The van der Waals surface area contributed by atoms with Crippen LogP contribution in [0, 0.1) is 3.57 Å². The average Bonchev–Trinajstić information content (AvgIpc) is 2.40. The number of nitrogens with one attached hydrogen (secondary N) is 1. The van der Waals surface area contributed by atoms with Gasteiger partial charge in [0.1, 0.15) is 5.75 Å². The zero-order chi connectivity index (χ0) is 13.0. The predicted octanol–water partition coefficient (Wildman–Crippen LogP) is 3.61. The molecule has 1 atom stereocenters. The van der Waals surface area contributed by atoms with E-state index >= 15 is 0 Å². The number of hydrogen-bond acceptors (Lipinski definition) is 2. The summed E-state index contributed by atoms with van der Waals surface area (Å²) < 4.78 is 6.52. The minimum atomic E-state index is 0.190. The molecule has 1 N–H and O–H groups in total. The molecule has 2 aromatic rings. The van der Waals surface area contributed by atoms with Crippen molar-refractivity contribution in [2.24, 2.45) is 0 Å². The van der Waals surface area contributed by atoms with Gasteiger partial charge in [0.05, 0.1) is 13.2 Å². The van der Waals surface area contributed by atoms with E-state index in [1.807, 2.05) is 19.2 Å². The SMILES string of the molecule is CNC(c1cccc(I)c1)c1cccc(OC)c1. The maximum Gasteiger partial charge on any atom is 0.119 e. The third kappa shape index (κ3) is 3.03. The molecule has 3 heteroatoms. The maximum absolute atomic E-state index is 5.28. The molecule has 2 rings (SSSR count). The van der Waals surface area contributed by atoms with Crippen LogP contribution in [-0.2, 0) is 0 Å². The summed E-state index contributed by atoms with van der Waals surface area (Å²) in [7, 11) is 3.67. The van der Waals surface area contributed by atoms with Crippen molar-refractivity contribution in [1.82, 2.24) is 5.32 Å². The molecule has 0 bridgehead atoms. The molecule has 0 saturated heterocycles. The van der Waals surface area contributed by atoms with Gasteiger partial charge < -0.3 is 10.1 Å². The minimum Gasteiger partial charge on any atom is -0.497 e. The monoisotopic (exact) mass is 353 g/mol. The summed E-state index contributed by atoms with van der Waals surface area (Å²) in [6.45, 7) is 0. The van der Waals surface area contributed by atoms with Gasteiger partial charge in [-0.2, -0.15) is 0 Å². The van der Waals surface area contributed by atoms with Crippen LogP contribution < -0.4 is 10.1 Å². The third-order valence-corrected chi connectivity index (χ3v) is 3.57. The van der Waals surface area contributed by atoms with Gasteiger partial charge >= 0.3 is 0 Å². The number of methoxy groups -OCH3 is 1. The van der Waals surface area contributed by atoms with Gasteiger partial charge in [-0.3, -0.25) is 0 Å². The van der Waals surface area contributed by atoms with Gasteiger partial charge in [-0.15, -0.1) is 0 Å². The van der Waals surface area contributed by atoms with Crippen molar-refractivity contribution < 1.29 is 4.74 Å². The Morgan fingerprint density at radius 2 is 1.72 bits per heavy atom. The van der Waals surface area contributed by atoms with Crippen LogP contribution in [0.5, 0.6) is 5.75 Å². The number of hydrogen-bond donors (Lipinski definition) is 1. The van der Waals surface area contributed by atoms with Crippen LogP contribution in [0.1, 0.15) is 17.2 Å². The minimum absolute atomic E-state index is 0.190. The standard InChI is InChI=1S/C15H16INO/c1-17-15(11-5-3-7-13(16)9-11)12-6-4-8-14(10-12)18-2/h3-10,15,17H,1-2H3. The van der Waals surface area contributed by atoms with Gasteiger partial charge in [-0.05, 0) is 65.0 Å². The first-order valence-electron chi connectivity index (χ1n) is 5.81. The first-order valence-corrected chi connectivity index (χ1v) is 6.89. The predicted molar refractivity (Wildman–Crippen MR) is 83.1 cm³/mol. The average molecular weight is 353 g/mol. The Morgan fingerprint density at radius 1 is 1.06 bits per heavy atom. The normalized spacial score (nSPS) is 12.2. The first kappa shape index (κ1) is 13.4. The van der Waals surface area contributed by atoms with E-state index in [0.717, 1.165) is 5.75 Å². The fourth-order valence-corrected chi connectivity index (χ4v) is 2.60. The number of halogens is 1. The van der Waals surface area contributed by atoms with Crippen molar-refractivity contribution in [1.29, 1.82) is 0 Å². The van der Waals surface area contributed by atoms with Crippen molar-refractivity contribution >= 4 is 22.6 Å². The highest BCUT2D eigenvalue weighted by Crippen LogP contribution is 2.25. The van der Waals surface area contributed by atoms with Gasteiger partial charge in [-0.1, -0.05) is 24.3 Å². The number of rotatable bonds is 4. The summed E-state index contributed by atoms with van der Waals surface area (Å²) >= 11 is 2.34.